The largest absolute Gasteiger partial charge is 0.411 e. The standard InChI is InChI=1S/C26H20N4O2S2/c31-24(30-13-5-8-17-7-1-4-11-22(17)30)16-34-26-29-28-25(32-26)19-15-21(23-12-6-14-33-23)27-20-10-3-2-9-18(19)20/h1-4,6-7,9-12,14-15H,5,8,13,16H2. The third kappa shape index (κ3) is 3.99. The summed E-state index contributed by atoms with van der Waals surface area (Å²) in [5.74, 6) is 0.717. The Morgan fingerprint density at radius 1 is 1.06 bits per heavy atom. The summed E-state index contributed by atoms with van der Waals surface area (Å²) in [6, 6.07) is 22.1. The van der Waals surface area contributed by atoms with Crippen LogP contribution >= 0.6 is 23.1 Å². The Morgan fingerprint density at radius 3 is 2.85 bits per heavy atom. The fourth-order valence-electron chi connectivity index (χ4n) is 4.27. The van der Waals surface area contributed by atoms with Gasteiger partial charge in [-0.15, -0.1) is 21.5 Å². The van der Waals surface area contributed by atoms with Crippen LogP contribution in [-0.4, -0.2) is 33.4 Å². The van der Waals surface area contributed by atoms with E-state index in [1.807, 2.05) is 70.9 Å². The van der Waals surface area contributed by atoms with Crippen molar-refractivity contribution in [2.45, 2.75) is 18.1 Å². The Bertz CT molecular complexity index is 1480. The van der Waals surface area contributed by atoms with Gasteiger partial charge in [0.2, 0.25) is 11.8 Å². The Morgan fingerprint density at radius 2 is 1.94 bits per heavy atom. The highest BCUT2D eigenvalue weighted by Gasteiger charge is 2.23. The molecule has 2 aromatic carbocycles. The van der Waals surface area contributed by atoms with E-state index in [2.05, 4.69) is 16.3 Å². The Balaban J connectivity index is 1.25. The van der Waals surface area contributed by atoms with Gasteiger partial charge in [0.1, 0.15) is 0 Å². The van der Waals surface area contributed by atoms with Crippen molar-refractivity contribution >= 4 is 45.6 Å². The number of amides is 1. The molecular weight excluding hydrogens is 464 g/mol. The van der Waals surface area contributed by atoms with E-state index in [1.165, 1.54) is 17.3 Å². The molecule has 0 saturated carbocycles. The smallest absolute Gasteiger partial charge is 0.277 e. The predicted octanol–water partition coefficient (Wildman–Crippen LogP) is 6.08. The van der Waals surface area contributed by atoms with Gasteiger partial charge in [-0.05, 0) is 48.1 Å². The van der Waals surface area contributed by atoms with Crippen molar-refractivity contribution in [2.24, 2.45) is 0 Å². The monoisotopic (exact) mass is 484 g/mol. The molecule has 0 radical (unpaired) electrons. The van der Waals surface area contributed by atoms with Gasteiger partial charge in [-0.3, -0.25) is 4.79 Å². The average molecular weight is 485 g/mol. The molecule has 168 valence electrons. The van der Waals surface area contributed by atoms with Crippen molar-refractivity contribution < 1.29 is 9.21 Å². The van der Waals surface area contributed by atoms with Gasteiger partial charge in [0.25, 0.3) is 5.22 Å². The van der Waals surface area contributed by atoms with Gasteiger partial charge >= 0.3 is 0 Å². The number of benzene rings is 2. The summed E-state index contributed by atoms with van der Waals surface area (Å²) in [5, 5.41) is 11.9. The molecule has 5 aromatic rings. The molecule has 3 aromatic heterocycles. The minimum atomic E-state index is 0.0474. The molecule has 0 atom stereocenters. The lowest BCUT2D eigenvalue weighted by molar-refractivity contribution is -0.116. The first-order chi connectivity index (χ1) is 16.8. The number of hydrogen-bond acceptors (Lipinski definition) is 7. The average Bonchev–Trinajstić information content (AvgIpc) is 3.59. The molecule has 0 unspecified atom stereocenters. The van der Waals surface area contributed by atoms with Gasteiger partial charge in [0.05, 0.1) is 27.4 Å². The number of carbonyl (C=O) groups excluding carboxylic acids is 1. The van der Waals surface area contributed by atoms with Crippen LogP contribution in [0.25, 0.3) is 32.9 Å². The van der Waals surface area contributed by atoms with E-state index in [0.717, 1.165) is 52.1 Å². The number of fused-ring (bicyclic) bond motifs is 2. The van der Waals surface area contributed by atoms with Crippen LogP contribution in [0.3, 0.4) is 0 Å². The molecule has 0 saturated heterocycles. The topological polar surface area (TPSA) is 72.1 Å². The third-order valence-electron chi connectivity index (χ3n) is 5.86. The molecular formula is C26H20N4O2S2. The van der Waals surface area contributed by atoms with Crippen LogP contribution in [0, 0.1) is 0 Å². The number of rotatable bonds is 5. The summed E-state index contributed by atoms with van der Waals surface area (Å²) in [6.45, 7) is 0.736. The van der Waals surface area contributed by atoms with Crippen LogP contribution in [0.2, 0.25) is 0 Å². The van der Waals surface area contributed by atoms with E-state index in [0.29, 0.717) is 11.1 Å². The Labute approximate surface area is 204 Å². The molecule has 0 bridgehead atoms. The van der Waals surface area contributed by atoms with Crippen molar-refractivity contribution in [1.82, 2.24) is 15.2 Å². The number of para-hydroxylation sites is 2. The normalized spacial score (nSPS) is 13.2. The SMILES string of the molecule is O=C(CSc1nnc(-c2cc(-c3cccs3)nc3ccccc23)o1)N1CCCc2ccccc21. The molecule has 0 aliphatic carbocycles. The molecule has 1 amide bonds. The second-order valence-corrected chi connectivity index (χ2v) is 9.86. The molecule has 0 spiro atoms. The minimum Gasteiger partial charge on any atom is -0.411 e. The molecule has 34 heavy (non-hydrogen) atoms. The summed E-state index contributed by atoms with van der Waals surface area (Å²) in [4.78, 5) is 20.7. The zero-order valence-electron chi connectivity index (χ0n) is 18.2. The molecule has 1 aliphatic heterocycles. The van der Waals surface area contributed by atoms with Crippen molar-refractivity contribution in [2.75, 3.05) is 17.2 Å². The molecule has 4 heterocycles. The zero-order valence-corrected chi connectivity index (χ0v) is 19.8. The summed E-state index contributed by atoms with van der Waals surface area (Å²) < 4.78 is 6.00. The van der Waals surface area contributed by atoms with Gasteiger partial charge in [-0.25, -0.2) is 4.98 Å². The summed E-state index contributed by atoms with van der Waals surface area (Å²) in [5.41, 5.74) is 4.81. The van der Waals surface area contributed by atoms with Crippen molar-refractivity contribution in [3.8, 4) is 22.0 Å². The van der Waals surface area contributed by atoms with Crippen molar-refractivity contribution in [1.29, 1.82) is 0 Å². The predicted molar refractivity (Wildman–Crippen MR) is 136 cm³/mol. The van der Waals surface area contributed by atoms with E-state index >= 15 is 0 Å². The van der Waals surface area contributed by atoms with Crippen LogP contribution in [0.4, 0.5) is 5.69 Å². The number of thioether (sulfide) groups is 1. The van der Waals surface area contributed by atoms with Gasteiger partial charge in [0.15, 0.2) is 0 Å². The maximum Gasteiger partial charge on any atom is 0.277 e. The number of nitrogens with zero attached hydrogens (tertiary/aromatic N) is 4. The number of hydrogen-bond donors (Lipinski definition) is 0. The number of pyridine rings is 1. The molecule has 0 fully saturated rings. The number of aromatic nitrogens is 3. The maximum absolute atomic E-state index is 13.0. The van der Waals surface area contributed by atoms with Crippen LogP contribution < -0.4 is 4.90 Å². The van der Waals surface area contributed by atoms with Gasteiger partial charge < -0.3 is 9.32 Å². The summed E-state index contributed by atoms with van der Waals surface area (Å²) in [7, 11) is 0. The van der Waals surface area contributed by atoms with Gasteiger partial charge in [-0.1, -0.05) is 54.2 Å². The lowest BCUT2D eigenvalue weighted by atomic mass is 10.0. The second kappa shape index (κ2) is 9.04. The van der Waals surface area contributed by atoms with E-state index < -0.39 is 0 Å². The van der Waals surface area contributed by atoms with Gasteiger partial charge in [-0.2, -0.15) is 0 Å². The first-order valence-electron chi connectivity index (χ1n) is 11.0. The molecule has 8 heteroatoms. The Kier molecular flexibility index (Phi) is 5.60. The lowest BCUT2D eigenvalue weighted by Gasteiger charge is -2.29. The number of thiophene rings is 1. The second-order valence-electron chi connectivity index (χ2n) is 7.99. The highest BCUT2D eigenvalue weighted by molar-refractivity contribution is 7.99. The van der Waals surface area contributed by atoms with Crippen LogP contribution in [0.5, 0.6) is 0 Å². The van der Waals surface area contributed by atoms with Crippen molar-refractivity contribution in [3.05, 3.63) is 77.7 Å². The molecule has 6 rings (SSSR count). The fraction of sp³-hybridized carbons (Fsp3) is 0.154. The van der Waals surface area contributed by atoms with E-state index in [9.17, 15) is 4.79 Å². The number of anilines is 1. The highest BCUT2D eigenvalue weighted by Crippen LogP contribution is 2.34. The lowest BCUT2D eigenvalue weighted by Crippen LogP contribution is -2.36. The van der Waals surface area contributed by atoms with E-state index in [4.69, 9.17) is 9.40 Å². The zero-order chi connectivity index (χ0) is 22.9. The molecule has 1 aliphatic rings. The highest BCUT2D eigenvalue weighted by atomic mass is 32.2. The first-order valence-corrected chi connectivity index (χ1v) is 12.9. The van der Waals surface area contributed by atoms with E-state index in [-0.39, 0.29) is 11.7 Å². The van der Waals surface area contributed by atoms with Gasteiger partial charge in [0, 0.05) is 17.6 Å². The fourth-order valence-corrected chi connectivity index (χ4v) is 5.60. The Hall–Kier alpha value is -3.49. The minimum absolute atomic E-state index is 0.0474. The number of carbonyl (C=O) groups is 1. The van der Waals surface area contributed by atoms with Crippen molar-refractivity contribution in [3.63, 3.8) is 0 Å². The number of aryl methyl sites for hydroxylation is 1. The third-order valence-corrected chi connectivity index (χ3v) is 7.55. The summed E-state index contributed by atoms with van der Waals surface area (Å²) in [6.07, 6.45) is 1.98. The van der Waals surface area contributed by atoms with Crippen LogP contribution in [0.15, 0.2) is 81.8 Å². The molecule has 0 N–H and O–H groups in total. The molecule has 6 nitrogen and oxygen atoms in total. The maximum atomic E-state index is 13.0. The first kappa shape index (κ1) is 21.1. The van der Waals surface area contributed by atoms with Crippen LogP contribution in [0.1, 0.15) is 12.0 Å². The quantitative estimate of drug-likeness (QED) is 0.281. The van der Waals surface area contributed by atoms with Crippen LogP contribution in [-0.2, 0) is 11.2 Å². The summed E-state index contributed by atoms with van der Waals surface area (Å²) >= 11 is 2.91. The van der Waals surface area contributed by atoms with E-state index in [1.54, 1.807) is 11.3 Å².